The van der Waals surface area contributed by atoms with E-state index < -0.39 is 0 Å². The third kappa shape index (κ3) is 4.31. The number of hydrogen-bond donors (Lipinski definition) is 1. The Balaban J connectivity index is 2.12. The molecule has 0 saturated carbocycles. The molecule has 0 unspecified atom stereocenters. The van der Waals surface area contributed by atoms with Gasteiger partial charge in [0.2, 0.25) is 0 Å². The Hall–Kier alpha value is -1.35. The van der Waals surface area contributed by atoms with Gasteiger partial charge in [0.1, 0.15) is 17.4 Å². The van der Waals surface area contributed by atoms with Gasteiger partial charge in [0, 0.05) is 28.2 Å². The number of ether oxygens (including phenoxy) is 1. The SMILES string of the molecule is C#CCOc1ccc(Br)cc1CNC(C)(C)c1nccs1. The molecule has 0 saturated heterocycles. The lowest BCUT2D eigenvalue weighted by Crippen LogP contribution is -2.35. The van der Waals surface area contributed by atoms with E-state index in [1.165, 1.54) is 0 Å². The topological polar surface area (TPSA) is 34.1 Å². The van der Waals surface area contributed by atoms with Crippen LogP contribution in [0.3, 0.4) is 0 Å². The molecule has 1 aromatic heterocycles. The van der Waals surface area contributed by atoms with Crippen LogP contribution in [0.15, 0.2) is 34.2 Å². The van der Waals surface area contributed by atoms with E-state index in [9.17, 15) is 0 Å². The summed E-state index contributed by atoms with van der Waals surface area (Å²) < 4.78 is 6.60. The Labute approximate surface area is 137 Å². The van der Waals surface area contributed by atoms with E-state index >= 15 is 0 Å². The van der Waals surface area contributed by atoms with Crippen LogP contribution in [-0.2, 0) is 12.1 Å². The fraction of sp³-hybridized carbons (Fsp3) is 0.312. The predicted molar refractivity (Wildman–Crippen MR) is 90.4 cm³/mol. The lowest BCUT2D eigenvalue weighted by atomic mass is 10.1. The molecule has 0 bridgehead atoms. The first-order chi connectivity index (χ1) is 10.0. The first-order valence-corrected chi connectivity index (χ1v) is 8.20. The van der Waals surface area contributed by atoms with Crippen LogP contribution in [0.25, 0.3) is 0 Å². The Morgan fingerprint density at radius 1 is 1.48 bits per heavy atom. The van der Waals surface area contributed by atoms with Crippen LogP contribution in [0.5, 0.6) is 5.75 Å². The number of benzene rings is 1. The van der Waals surface area contributed by atoms with Crippen LogP contribution in [0.1, 0.15) is 24.4 Å². The molecule has 110 valence electrons. The summed E-state index contributed by atoms with van der Waals surface area (Å²) >= 11 is 5.14. The van der Waals surface area contributed by atoms with Crippen molar-refractivity contribution in [1.29, 1.82) is 0 Å². The summed E-state index contributed by atoms with van der Waals surface area (Å²) in [6, 6.07) is 5.91. The third-order valence-electron chi connectivity index (χ3n) is 3.02. The van der Waals surface area contributed by atoms with Gasteiger partial charge in [-0.15, -0.1) is 17.8 Å². The number of aromatic nitrogens is 1. The maximum absolute atomic E-state index is 5.59. The van der Waals surface area contributed by atoms with Crippen LogP contribution < -0.4 is 10.1 Å². The highest BCUT2D eigenvalue weighted by atomic mass is 79.9. The number of nitrogens with one attached hydrogen (secondary N) is 1. The van der Waals surface area contributed by atoms with Crippen molar-refractivity contribution in [3.8, 4) is 18.1 Å². The summed E-state index contributed by atoms with van der Waals surface area (Å²) in [7, 11) is 0. The van der Waals surface area contributed by atoms with Crippen molar-refractivity contribution in [2.75, 3.05) is 6.61 Å². The molecule has 0 fully saturated rings. The zero-order valence-corrected chi connectivity index (χ0v) is 14.4. The largest absolute Gasteiger partial charge is 0.481 e. The maximum Gasteiger partial charge on any atom is 0.148 e. The van der Waals surface area contributed by atoms with Crippen molar-refractivity contribution in [1.82, 2.24) is 10.3 Å². The summed E-state index contributed by atoms with van der Waals surface area (Å²) in [5.41, 5.74) is 0.865. The van der Waals surface area contributed by atoms with E-state index in [0.717, 1.165) is 20.8 Å². The first-order valence-electron chi connectivity index (χ1n) is 6.52. The van der Waals surface area contributed by atoms with Gasteiger partial charge in [-0.2, -0.15) is 0 Å². The van der Waals surface area contributed by atoms with Crippen LogP contribution in [0.4, 0.5) is 0 Å². The molecule has 0 atom stereocenters. The Morgan fingerprint density at radius 3 is 2.95 bits per heavy atom. The van der Waals surface area contributed by atoms with Crippen molar-refractivity contribution >= 4 is 27.3 Å². The molecule has 0 radical (unpaired) electrons. The number of rotatable bonds is 6. The molecule has 2 rings (SSSR count). The van der Waals surface area contributed by atoms with Crippen LogP contribution in [-0.4, -0.2) is 11.6 Å². The molecule has 1 aromatic carbocycles. The second-order valence-corrected chi connectivity index (χ2v) is 6.87. The van der Waals surface area contributed by atoms with Gasteiger partial charge in [-0.05, 0) is 32.0 Å². The van der Waals surface area contributed by atoms with Gasteiger partial charge in [0.05, 0.1) is 5.54 Å². The maximum atomic E-state index is 5.59. The number of nitrogens with zero attached hydrogens (tertiary/aromatic N) is 1. The molecule has 0 amide bonds. The minimum absolute atomic E-state index is 0.195. The Bertz CT molecular complexity index is 632. The predicted octanol–water partition coefficient (Wildman–Crippen LogP) is 3.94. The number of hydrogen-bond acceptors (Lipinski definition) is 4. The highest BCUT2D eigenvalue weighted by Gasteiger charge is 2.22. The Kier molecular flexibility index (Phi) is 5.40. The van der Waals surface area contributed by atoms with E-state index in [-0.39, 0.29) is 12.1 Å². The first kappa shape index (κ1) is 16.0. The van der Waals surface area contributed by atoms with Crippen LogP contribution in [0.2, 0.25) is 0 Å². The van der Waals surface area contributed by atoms with Crippen molar-refractivity contribution in [3.05, 3.63) is 44.8 Å². The van der Waals surface area contributed by atoms with Crippen LogP contribution in [0, 0.1) is 12.3 Å². The molecule has 1 N–H and O–H groups in total. The fourth-order valence-corrected chi connectivity index (χ4v) is 3.02. The molecule has 0 aliphatic heterocycles. The number of terminal acetylenes is 1. The Morgan fingerprint density at radius 2 is 2.29 bits per heavy atom. The quantitative estimate of drug-likeness (QED) is 0.788. The lowest BCUT2D eigenvalue weighted by molar-refractivity contribution is 0.355. The normalized spacial score (nSPS) is 11.1. The van der Waals surface area contributed by atoms with E-state index in [1.54, 1.807) is 11.3 Å². The molecular formula is C16H17BrN2OS. The molecule has 0 spiro atoms. The zero-order valence-electron chi connectivity index (χ0n) is 12.0. The summed E-state index contributed by atoms with van der Waals surface area (Å²) in [5.74, 6) is 3.29. The van der Waals surface area contributed by atoms with Gasteiger partial charge in [0.25, 0.3) is 0 Å². The highest BCUT2D eigenvalue weighted by Crippen LogP contribution is 2.26. The summed E-state index contributed by atoms with van der Waals surface area (Å²) in [4.78, 5) is 4.38. The number of thiazole rings is 1. The molecule has 3 nitrogen and oxygen atoms in total. The number of halogens is 1. The second kappa shape index (κ2) is 7.08. The monoisotopic (exact) mass is 364 g/mol. The van der Waals surface area contributed by atoms with Gasteiger partial charge in [-0.1, -0.05) is 21.9 Å². The van der Waals surface area contributed by atoms with Gasteiger partial charge in [-0.25, -0.2) is 4.98 Å². The molecule has 2 aromatic rings. The molecule has 5 heteroatoms. The van der Waals surface area contributed by atoms with E-state index in [0.29, 0.717) is 6.54 Å². The standard InChI is InChI=1S/C16H17BrN2OS/c1-4-8-20-14-6-5-13(17)10-12(14)11-19-16(2,3)15-18-7-9-21-15/h1,5-7,9-10,19H,8,11H2,2-3H3. The molecule has 0 aliphatic rings. The fourth-order valence-electron chi connectivity index (χ4n) is 1.87. The summed E-state index contributed by atoms with van der Waals surface area (Å²) in [5, 5.41) is 6.56. The minimum atomic E-state index is -0.195. The van der Waals surface area contributed by atoms with Crippen molar-refractivity contribution in [2.24, 2.45) is 0 Å². The van der Waals surface area contributed by atoms with E-state index in [4.69, 9.17) is 11.2 Å². The zero-order chi connectivity index (χ0) is 15.3. The second-order valence-electron chi connectivity index (χ2n) is 5.06. The van der Waals surface area contributed by atoms with Gasteiger partial charge in [-0.3, -0.25) is 0 Å². The molecule has 1 heterocycles. The van der Waals surface area contributed by atoms with E-state index in [2.05, 4.69) is 46.0 Å². The van der Waals surface area contributed by atoms with Crippen LogP contribution >= 0.6 is 27.3 Å². The van der Waals surface area contributed by atoms with Crippen molar-refractivity contribution in [3.63, 3.8) is 0 Å². The minimum Gasteiger partial charge on any atom is -0.481 e. The third-order valence-corrected chi connectivity index (χ3v) is 4.61. The van der Waals surface area contributed by atoms with E-state index in [1.807, 2.05) is 29.8 Å². The van der Waals surface area contributed by atoms with Gasteiger partial charge >= 0.3 is 0 Å². The average molecular weight is 365 g/mol. The summed E-state index contributed by atoms with van der Waals surface area (Å²) in [6.45, 7) is 5.17. The molecule has 0 aliphatic carbocycles. The smallest absolute Gasteiger partial charge is 0.148 e. The molecular weight excluding hydrogens is 348 g/mol. The molecule has 21 heavy (non-hydrogen) atoms. The average Bonchev–Trinajstić information content (AvgIpc) is 2.99. The van der Waals surface area contributed by atoms with Gasteiger partial charge < -0.3 is 10.1 Å². The van der Waals surface area contributed by atoms with Crippen molar-refractivity contribution in [2.45, 2.75) is 25.9 Å². The van der Waals surface area contributed by atoms with Gasteiger partial charge in [0.15, 0.2) is 0 Å². The van der Waals surface area contributed by atoms with Crippen molar-refractivity contribution < 1.29 is 4.74 Å². The highest BCUT2D eigenvalue weighted by molar-refractivity contribution is 9.10. The lowest BCUT2D eigenvalue weighted by Gasteiger charge is -2.24. The summed E-state index contributed by atoms with van der Waals surface area (Å²) in [6.07, 6.45) is 7.08.